The van der Waals surface area contributed by atoms with Crippen molar-refractivity contribution in [3.8, 4) is 16.9 Å². The van der Waals surface area contributed by atoms with Crippen LogP contribution in [0, 0.1) is 19.7 Å². The Hall–Kier alpha value is -2.53. The zero-order valence-corrected chi connectivity index (χ0v) is 12.5. The van der Waals surface area contributed by atoms with Gasteiger partial charge in [0, 0.05) is 12.1 Å². The molecule has 1 aromatic heterocycles. The normalized spacial score (nSPS) is 10.9. The van der Waals surface area contributed by atoms with E-state index >= 15 is 0 Å². The second kappa shape index (κ2) is 5.69. The second-order valence-corrected chi connectivity index (χ2v) is 5.35. The Morgan fingerprint density at radius 2 is 1.68 bits per heavy atom. The highest BCUT2D eigenvalue weighted by Gasteiger charge is 2.15. The molecule has 0 saturated heterocycles. The number of benzene rings is 2. The average Bonchev–Trinajstić information content (AvgIpc) is 2.91. The summed E-state index contributed by atoms with van der Waals surface area (Å²) in [5.74, 6) is -0.275. The molecule has 2 N–H and O–H groups in total. The number of aromatic nitrogens is 3. The van der Waals surface area contributed by atoms with E-state index in [0.717, 1.165) is 28.1 Å². The van der Waals surface area contributed by atoms with Crippen LogP contribution in [0.2, 0.25) is 0 Å². The Bertz CT molecular complexity index is 786. The monoisotopic (exact) mass is 296 g/mol. The van der Waals surface area contributed by atoms with E-state index in [1.165, 1.54) is 12.1 Å². The fourth-order valence-electron chi connectivity index (χ4n) is 2.60. The van der Waals surface area contributed by atoms with Crippen LogP contribution in [0.25, 0.3) is 16.9 Å². The van der Waals surface area contributed by atoms with E-state index in [0.29, 0.717) is 5.69 Å². The summed E-state index contributed by atoms with van der Waals surface area (Å²) in [6.07, 6.45) is 0. The van der Waals surface area contributed by atoms with Crippen molar-refractivity contribution in [2.24, 2.45) is 5.73 Å². The topological polar surface area (TPSA) is 56.7 Å². The molecular formula is C17H17FN4. The number of hydrogen-bond donors (Lipinski definition) is 1. The molecule has 4 nitrogen and oxygen atoms in total. The molecule has 0 spiro atoms. The number of halogens is 1. The van der Waals surface area contributed by atoms with Crippen LogP contribution in [-0.2, 0) is 6.54 Å². The summed E-state index contributed by atoms with van der Waals surface area (Å²) in [6, 6.07) is 12.5. The van der Waals surface area contributed by atoms with Crippen molar-refractivity contribution in [3.63, 3.8) is 0 Å². The van der Waals surface area contributed by atoms with Crippen LogP contribution >= 0.6 is 0 Å². The summed E-state index contributed by atoms with van der Waals surface area (Å²) >= 11 is 0. The molecule has 0 fully saturated rings. The molecule has 0 aliphatic heterocycles. The molecule has 0 bridgehead atoms. The maximum Gasteiger partial charge on any atom is 0.123 e. The van der Waals surface area contributed by atoms with Crippen LogP contribution in [0.3, 0.4) is 0 Å². The summed E-state index contributed by atoms with van der Waals surface area (Å²) in [4.78, 5) is 0. The molecule has 0 atom stereocenters. The van der Waals surface area contributed by atoms with Crippen LogP contribution in [0.15, 0.2) is 42.5 Å². The Morgan fingerprint density at radius 3 is 2.27 bits per heavy atom. The average molecular weight is 296 g/mol. The molecule has 0 unspecified atom stereocenters. The number of nitrogens with zero attached hydrogens (tertiary/aromatic N) is 3. The summed E-state index contributed by atoms with van der Waals surface area (Å²) in [5.41, 5.74) is 11.3. The molecule has 0 amide bonds. The van der Waals surface area contributed by atoms with E-state index in [9.17, 15) is 4.39 Å². The predicted octanol–water partition coefficient (Wildman–Crippen LogP) is 3.15. The summed E-state index contributed by atoms with van der Waals surface area (Å²) in [6.45, 7) is 4.35. The Balaban J connectivity index is 2.20. The first kappa shape index (κ1) is 14.4. The molecular weight excluding hydrogens is 279 g/mol. The summed E-state index contributed by atoms with van der Waals surface area (Å²) in [7, 11) is 0. The van der Waals surface area contributed by atoms with Crippen LogP contribution in [0.1, 0.15) is 16.8 Å². The van der Waals surface area contributed by atoms with Crippen molar-refractivity contribution in [1.29, 1.82) is 0 Å². The lowest BCUT2D eigenvalue weighted by Gasteiger charge is -2.10. The van der Waals surface area contributed by atoms with Gasteiger partial charge in [-0.15, -0.1) is 5.10 Å². The van der Waals surface area contributed by atoms with Gasteiger partial charge in [0.05, 0.1) is 11.4 Å². The van der Waals surface area contributed by atoms with Crippen LogP contribution in [0.4, 0.5) is 4.39 Å². The van der Waals surface area contributed by atoms with E-state index in [-0.39, 0.29) is 12.4 Å². The standard InChI is InChI=1S/C17H17FN4/c1-11-7-12(2)9-15(8-11)22-17(16(10-19)20-21-22)13-3-5-14(18)6-4-13/h3-9H,10,19H2,1-2H3. The number of hydrogen-bond acceptors (Lipinski definition) is 3. The summed E-state index contributed by atoms with van der Waals surface area (Å²) < 4.78 is 14.9. The van der Waals surface area contributed by atoms with Crippen molar-refractivity contribution in [3.05, 3.63) is 65.1 Å². The minimum absolute atomic E-state index is 0.275. The fourth-order valence-corrected chi connectivity index (χ4v) is 2.60. The van der Waals surface area contributed by atoms with E-state index in [2.05, 4.69) is 16.4 Å². The van der Waals surface area contributed by atoms with Crippen LogP contribution < -0.4 is 5.73 Å². The van der Waals surface area contributed by atoms with Crippen LogP contribution in [0.5, 0.6) is 0 Å². The summed E-state index contributed by atoms with van der Waals surface area (Å²) in [5, 5.41) is 8.39. The number of rotatable bonds is 3. The van der Waals surface area contributed by atoms with Crippen molar-refractivity contribution >= 4 is 0 Å². The number of aryl methyl sites for hydroxylation is 2. The maximum atomic E-state index is 13.2. The van der Waals surface area contributed by atoms with Crippen molar-refractivity contribution in [2.75, 3.05) is 0 Å². The molecule has 0 radical (unpaired) electrons. The Labute approximate surface area is 128 Å². The molecule has 3 rings (SSSR count). The van der Waals surface area contributed by atoms with Gasteiger partial charge in [-0.25, -0.2) is 9.07 Å². The predicted molar refractivity (Wildman–Crippen MR) is 84.1 cm³/mol. The Kier molecular flexibility index (Phi) is 3.73. The fraction of sp³-hybridized carbons (Fsp3) is 0.176. The van der Waals surface area contributed by atoms with Crippen LogP contribution in [-0.4, -0.2) is 15.0 Å². The van der Waals surface area contributed by atoms with Crippen molar-refractivity contribution in [1.82, 2.24) is 15.0 Å². The second-order valence-electron chi connectivity index (χ2n) is 5.35. The zero-order valence-electron chi connectivity index (χ0n) is 12.5. The van der Waals surface area contributed by atoms with Gasteiger partial charge in [-0.3, -0.25) is 0 Å². The van der Waals surface area contributed by atoms with Gasteiger partial charge in [0.1, 0.15) is 11.5 Å². The van der Waals surface area contributed by atoms with Gasteiger partial charge in [-0.05, 0) is 61.4 Å². The van der Waals surface area contributed by atoms with E-state index in [1.54, 1.807) is 16.8 Å². The molecule has 0 saturated carbocycles. The van der Waals surface area contributed by atoms with E-state index < -0.39 is 0 Å². The van der Waals surface area contributed by atoms with Crippen molar-refractivity contribution < 1.29 is 4.39 Å². The molecule has 2 aromatic carbocycles. The lowest BCUT2D eigenvalue weighted by Crippen LogP contribution is -2.03. The van der Waals surface area contributed by atoms with E-state index in [1.807, 2.05) is 26.0 Å². The van der Waals surface area contributed by atoms with Gasteiger partial charge in [0.25, 0.3) is 0 Å². The highest BCUT2D eigenvalue weighted by atomic mass is 19.1. The third-order valence-corrected chi connectivity index (χ3v) is 3.50. The van der Waals surface area contributed by atoms with Gasteiger partial charge >= 0.3 is 0 Å². The van der Waals surface area contributed by atoms with Gasteiger partial charge in [-0.1, -0.05) is 11.3 Å². The molecule has 0 aliphatic carbocycles. The SMILES string of the molecule is Cc1cc(C)cc(-n2nnc(CN)c2-c2ccc(F)cc2)c1. The van der Waals surface area contributed by atoms with Crippen molar-refractivity contribution in [2.45, 2.75) is 20.4 Å². The first-order valence-electron chi connectivity index (χ1n) is 7.08. The molecule has 1 heterocycles. The third-order valence-electron chi connectivity index (χ3n) is 3.50. The maximum absolute atomic E-state index is 13.2. The first-order chi connectivity index (χ1) is 10.6. The number of nitrogens with two attached hydrogens (primary N) is 1. The lowest BCUT2D eigenvalue weighted by atomic mass is 10.1. The molecule has 22 heavy (non-hydrogen) atoms. The molecule has 3 aromatic rings. The molecule has 5 heteroatoms. The van der Waals surface area contributed by atoms with Gasteiger partial charge in [0.2, 0.25) is 0 Å². The minimum atomic E-state index is -0.275. The smallest absolute Gasteiger partial charge is 0.123 e. The molecule has 0 aliphatic rings. The largest absolute Gasteiger partial charge is 0.325 e. The van der Waals surface area contributed by atoms with Gasteiger partial charge in [-0.2, -0.15) is 0 Å². The lowest BCUT2D eigenvalue weighted by molar-refractivity contribution is 0.628. The minimum Gasteiger partial charge on any atom is -0.325 e. The molecule has 112 valence electrons. The van der Waals surface area contributed by atoms with E-state index in [4.69, 9.17) is 5.73 Å². The van der Waals surface area contributed by atoms with Gasteiger partial charge in [0.15, 0.2) is 0 Å². The quantitative estimate of drug-likeness (QED) is 0.807. The highest BCUT2D eigenvalue weighted by molar-refractivity contribution is 5.64. The highest BCUT2D eigenvalue weighted by Crippen LogP contribution is 2.26. The van der Waals surface area contributed by atoms with Gasteiger partial charge < -0.3 is 5.73 Å². The third kappa shape index (κ3) is 2.63. The Morgan fingerprint density at radius 1 is 1.05 bits per heavy atom. The first-order valence-corrected chi connectivity index (χ1v) is 7.08. The zero-order chi connectivity index (χ0) is 15.7.